The summed E-state index contributed by atoms with van der Waals surface area (Å²) >= 11 is 0. The summed E-state index contributed by atoms with van der Waals surface area (Å²) in [5, 5.41) is 8.94. The molecule has 2 nitrogen and oxygen atoms in total. The van der Waals surface area contributed by atoms with Crippen LogP contribution in [0, 0.1) is 23.2 Å². The zero-order valence-corrected chi connectivity index (χ0v) is 9.33. The minimum atomic E-state index is 0.149. The molecule has 1 saturated carbocycles. The van der Waals surface area contributed by atoms with Crippen LogP contribution in [0.25, 0.3) is 0 Å². The van der Waals surface area contributed by atoms with Crippen LogP contribution in [-0.2, 0) is 4.74 Å². The van der Waals surface area contributed by atoms with Crippen LogP contribution in [0.5, 0.6) is 0 Å². The normalized spacial score (nSPS) is 27.6. The van der Waals surface area contributed by atoms with Gasteiger partial charge in [-0.2, -0.15) is 5.26 Å². The van der Waals surface area contributed by atoms with E-state index in [1.54, 1.807) is 0 Å². The molecule has 0 bridgehead atoms. The van der Waals surface area contributed by atoms with Crippen LogP contribution in [0.4, 0.5) is 0 Å². The minimum absolute atomic E-state index is 0.149. The molecule has 0 N–H and O–H groups in total. The quantitative estimate of drug-likeness (QED) is 0.690. The highest BCUT2D eigenvalue weighted by Crippen LogP contribution is 2.26. The van der Waals surface area contributed by atoms with Crippen molar-refractivity contribution < 1.29 is 4.74 Å². The monoisotopic (exact) mass is 195 g/mol. The number of ether oxygens (including phenoxy) is 1. The highest BCUT2D eigenvalue weighted by Gasteiger charge is 2.25. The number of nitrogens with zero attached hydrogens (tertiary/aromatic N) is 1. The Morgan fingerprint density at radius 2 is 2.07 bits per heavy atom. The van der Waals surface area contributed by atoms with E-state index in [-0.39, 0.29) is 12.0 Å². The molecular weight excluding hydrogens is 174 g/mol. The fourth-order valence-corrected chi connectivity index (χ4v) is 1.90. The molecule has 80 valence electrons. The Morgan fingerprint density at radius 3 is 2.71 bits per heavy atom. The molecule has 1 rings (SSSR count). The zero-order valence-electron chi connectivity index (χ0n) is 9.33. The third kappa shape index (κ3) is 3.67. The van der Waals surface area contributed by atoms with Gasteiger partial charge in [-0.25, -0.2) is 0 Å². The molecule has 0 heterocycles. The first-order chi connectivity index (χ1) is 6.74. The van der Waals surface area contributed by atoms with Gasteiger partial charge < -0.3 is 4.74 Å². The molecule has 0 aromatic rings. The minimum Gasteiger partial charge on any atom is -0.377 e. The lowest BCUT2D eigenvalue weighted by Crippen LogP contribution is -2.27. The van der Waals surface area contributed by atoms with Crippen molar-refractivity contribution in [3.05, 3.63) is 0 Å². The van der Waals surface area contributed by atoms with Crippen LogP contribution in [-0.4, -0.2) is 12.7 Å². The molecule has 0 spiro atoms. The average molecular weight is 195 g/mol. The molecule has 2 heteroatoms. The molecule has 0 saturated heterocycles. The molecule has 0 aliphatic heterocycles. The highest BCUT2D eigenvalue weighted by atomic mass is 16.5. The van der Waals surface area contributed by atoms with E-state index in [1.165, 1.54) is 12.8 Å². The molecule has 2 atom stereocenters. The van der Waals surface area contributed by atoms with Gasteiger partial charge in [0.2, 0.25) is 0 Å². The predicted octanol–water partition coefficient (Wildman–Crippen LogP) is 3.13. The number of nitriles is 1. The van der Waals surface area contributed by atoms with Crippen molar-refractivity contribution in [1.82, 2.24) is 0 Å². The lowest BCUT2D eigenvalue weighted by molar-refractivity contribution is 0.00134. The summed E-state index contributed by atoms with van der Waals surface area (Å²) in [5.41, 5.74) is 0. The first kappa shape index (κ1) is 11.5. The van der Waals surface area contributed by atoms with Crippen LogP contribution in [0.1, 0.15) is 46.0 Å². The van der Waals surface area contributed by atoms with Crippen molar-refractivity contribution in [2.75, 3.05) is 6.61 Å². The molecule has 0 aromatic heterocycles. The lowest BCUT2D eigenvalue weighted by Gasteiger charge is -2.27. The smallest absolute Gasteiger partial charge is 0.0733 e. The summed E-state index contributed by atoms with van der Waals surface area (Å²) in [5.74, 6) is 0.843. The van der Waals surface area contributed by atoms with Crippen molar-refractivity contribution in [3.63, 3.8) is 0 Å². The maximum absolute atomic E-state index is 8.94. The summed E-state index contributed by atoms with van der Waals surface area (Å²) < 4.78 is 5.77. The second-order valence-electron chi connectivity index (χ2n) is 4.61. The maximum atomic E-state index is 8.94. The summed E-state index contributed by atoms with van der Waals surface area (Å²) in [6.07, 6.45) is 5.85. The van der Waals surface area contributed by atoms with Crippen molar-refractivity contribution >= 4 is 0 Å². The second kappa shape index (κ2) is 6.03. The van der Waals surface area contributed by atoms with E-state index in [1.807, 2.05) is 0 Å². The fourth-order valence-electron chi connectivity index (χ4n) is 1.90. The molecule has 1 aliphatic carbocycles. The molecule has 1 aliphatic rings. The highest BCUT2D eigenvalue weighted by molar-refractivity contribution is 4.91. The van der Waals surface area contributed by atoms with Crippen molar-refractivity contribution in [1.29, 1.82) is 5.26 Å². The van der Waals surface area contributed by atoms with Gasteiger partial charge >= 0.3 is 0 Å². The Morgan fingerprint density at radius 1 is 1.36 bits per heavy atom. The Bertz CT molecular complexity index is 195. The van der Waals surface area contributed by atoms with Crippen molar-refractivity contribution in [3.8, 4) is 6.07 Å². The van der Waals surface area contributed by atoms with Crippen LogP contribution in [0.3, 0.4) is 0 Å². The third-order valence-corrected chi connectivity index (χ3v) is 2.90. The number of hydrogen-bond acceptors (Lipinski definition) is 2. The van der Waals surface area contributed by atoms with Crippen molar-refractivity contribution in [2.45, 2.75) is 52.1 Å². The van der Waals surface area contributed by atoms with E-state index in [4.69, 9.17) is 10.00 Å². The van der Waals surface area contributed by atoms with E-state index in [2.05, 4.69) is 19.9 Å². The van der Waals surface area contributed by atoms with Gasteiger partial charge in [0.1, 0.15) is 0 Å². The Kier molecular flexibility index (Phi) is 4.97. The largest absolute Gasteiger partial charge is 0.377 e. The van der Waals surface area contributed by atoms with E-state index in [0.717, 1.165) is 25.9 Å². The first-order valence-electron chi connectivity index (χ1n) is 5.75. The second-order valence-corrected chi connectivity index (χ2v) is 4.61. The van der Waals surface area contributed by atoms with Gasteiger partial charge in [-0.05, 0) is 25.2 Å². The van der Waals surface area contributed by atoms with Gasteiger partial charge in [-0.3, -0.25) is 0 Å². The van der Waals surface area contributed by atoms with Crippen molar-refractivity contribution in [2.24, 2.45) is 11.8 Å². The van der Waals surface area contributed by atoms with Crippen LogP contribution in [0.2, 0.25) is 0 Å². The van der Waals surface area contributed by atoms with Crippen LogP contribution < -0.4 is 0 Å². The average Bonchev–Trinajstić information content (AvgIpc) is 2.18. The number of hydrogen-bond donors (Lipinski definition) is 0. The molecule has 0 radical (unpaired) electrons. The van der Waals surface area contributed by atoms with Gasteiger partial charge in [-0.1, -0.05) is 26.7 Å². The van der Waals surface area contributed by atoms with Gasteiger partial charge in [0.15, 0.2) is 0 Å². The van der Waals surface area contributed by atoms with Gasteiger partial charge in [-0.15, -0.1) is 0 Å². The SMILES string of the molecule is CC(C)CCOC1CCCCC1C#N. The molecular formula is C12H21NO. The summed E-state index contributed by atoms with van der Waals surface area (Å²) in [6.45, 7) is 5.22. The van der Waals surface area contributed by atoms with E-state index < -0.39 is 0 Å². The summed E-state index contributed by atoms with van der Waals surface area (Å²) in [4.78, 5) is 0. The molecule has 14 heavy (non-hydrogen) atoms. The lowest BCUT2D eigenvalue weighted by atomic mass is 9.87. The topological polar surface area (TPSA) is 33.0 Å². The summed E-state index contributed by atoms with van der Waals surface area (Å²) in [6, 6.07) is 2.37. The molecule has 0 amide bonds. The molecule has 0 aromatic carbocycles. The van der Waals surface area contributed by atoms with Gasteiger partial charge in [0.05, 0.1) is 18.1 Å². The van der Waals surface area contributed by atoms with Crippen LogP contribution in [0.15, 0.2) is 0 Å². The maximum Gasteiger partial charge on any atom is 0.0733 e. The number of rotatable bonds is 4. The predicted molar refractivity (Wildman–Crippen MR) is 56.8 cm³/mol. The van der Waals surface area contributed by atoms with E-state index >= 15 is 0 Å². The Hall–Kier alpha value is -0.550. The third-order valence-electron chi connectivity index (χ3n) is 2.90. The molecule has 2 unspecified atom stereocenters. The van der Waals surface area contributed by atoms with E-state index in [0.29, 0.717) is 5.92 Å². The fraction of sp³-hybridized carbons (Fsp3) is 0.917. The van der Waals surface area contributed by atoms with Gasteiger partial charge in [0.25, 0.3) is 0 Å². The Labute approximate surface area is 87.3 Å². The molecule has 1 fully saturated rings. The first-order valence-corrected chi connectivity index (χ1v) is 5.75. The van der Waals surface area contributed by atoms with Gasteiger partial charge in [0, 0.05) is 6.61 Å². The van der Waals surface area contributed by atoms with Crippen LogP contribution >= 0.6 is 0 Å². The Balaban J connectivity index is 2.24. The standard InChI is InChI=1S/C12H21NO/c1-10(2)7-8-14-12-6-4-3-5-11(12)9-13/h10-12H,3-8H2,1-2H3. The zero-order chi connectivity index (χ0) is 10.4. The van der Waals surface area contributed by atoms with E-state index in [9.17, 15) is 0 Å². The summed E-state index contributed by atoms with van der Waals surface area (Å²) in [7, 11) is 0.